The van der Waals surface area contributed by atoms with Crippen molar-refractivity contribution in [2.75, 3.05) is 5.32 Å². The molecule has 0 radical (unpaired) electrons. The Morgan fingerprint density at radius 2 is 1.70 bits per heavy atom. The van der Waals surface area contributed by atoms with Gasteiger partial charge in [0.2, 0.25) is 5.09 Å². The van der Waals surface area contributed by atoms with Gasteiger partial charge in [-0.3, -0.25) is 4.79 Å². The lowest BCUT2D eigenvalue weighted by Crippen LogP contribution is -2.40. The summed E-state index contributed by atoms with van der Waals surface area (Å²) in [5.74, 6) is -0.582. The van der Waals surface area contributed by atoms with Gasteiger partial charge in [-0.2, -0.15) is 0 Å². The number of anilines is 1. The zero-order valence-corrected chi connectivity index (χ0v) is 15.9. The van der Waals surface area contributed by atoms with Gasteiger partial charge in [-0.05, 0) is 79.8 Å². The number of amides is 1. The van der Waals surface area contributed by atoms with Crippen LogP contribution in [-0.2, 0) is 10.0 Å². The standard InChI is InChI=1S/C15H17IN2O4S/c1-15(2,3)18-23(20,21)13-9-8-12(22-13)14(19)17-11-6-4-10(16)5-7-11/h4-9,18H,1-3H3,(H,17,19). The second kappa shape index (κ2) is 6.62. The minimum atomic E-state index is -3.81. The Morgan fingerprint density at radius 1 is 1.09 bits per heavy atom. The predicted molar refractivity (Wildman–Crippen MR) is 95.9 cm³/mol. The molecule has 1 heterocycles. The third-order valence-electron chi connectivity index (χ3n) is 2.61. The van der Waals surface area contributed by atoms with Crippen molar-refractivity contribution in [2.24, 2.45) is 0 Å². The Hall–Kier alpha value is -1.39. The Balaban J connectivity index is 2.15. The summed E-state index contributed by atoms with van der Waals surface area (Å²) < 4.78 is 33.0. The SMILES string of the molecule is CC(C)(C)NS(=O)(=O)c1ccc(C(=O)Nc2ccc(I)cc2)o1. The number of rotatable bonds is 4. The largest absolute Gasteiger partial charge is 0.438 e. The van der Waals surface area contributed by atoms with Crippen LogP contribution in [0.4, 0.5) is 5.69 Å². The minimum absolute atomic E-state index is 0.0714. The smallest absolute Gasteiger partial charge is 0.291 e. The van der Waals surface area contributed by atoms with E-state index in [9.17, 15) is 13.2 Å². The van der Waals surface area contributed by atoms with E-state index in [1.807, 2.05) is 12.1 Å². The van der Waals surface area contributed by atoms with E-state index >= 15 is 0 Å². The Labute approximate surface area is 148 Å². The van der Waals surface area contributed by atoms with E-state index in [-0.39, 0.29) is 10.9 Å². The number of hydrogen-bond donors (Lipinski definition) is 2. The Morgan fingerprint density at radius 3 is 2.26 bits per heavy atom. The fourth-order valence-electron chi connectivity index (χ4n) is 1.77. The lowest BCUT2D eigenvalue weighted by atomic mass is 10.1. The molecule has 8 heteroatoms. The number of halogens is 1. The monoisotopic (exact) mass is 448 g/mol. The van der Waals surface area contributed by atoms with E-state index in [1.165, 1.54) is 12.1 Å². The molecule has 0 spiro atoms. The molecule has 0 unspecified atom stereocenters. The molecule has 0 saturated heterocycles. The maximum absolute atomic E-state index is 12.1. The van der Waals surface area contributed by atoms with Gasteiger partial charge < -0.3 is 9.73 Å². The summed E-state index contributed by atoms with van der Waals surface area (Å²) in [6.07, 6.45) is 0. The van der Waals surface area contributed by atoms with Gasteiger partial charge in [-0.25, -0.2) is 13.1 Å². The first-order chi connectivity index (χ1) is 10.6. The summed E-state index contributed by atoms with van der Waals surface area (Å²) in [5, 5.41) is 2.36. The minimum Gasteiger partial charge on any atom is -0.438 e. The van der Waals surface area contributed by atoms with Crippen LogP contribution in [0.3, 0.4) is 0 Å². The van der Waals surface area contributed by atoms with Gasteiger partial charge in [0.05, 0.1) is 0 Å². The summed E-state index contributed by atoms with van der Waals surface area (Å²) in [6.45, 7) is 5.16. The summed E-state index contributed by atoms with van der Waals surface area (Å²) in [5.41, 5.74) is -0.0427. The number of hydrogen-bond acceptors (Lipinski definition) is 4. The average molecular weight is 448 g/mol. The summed E-state index contributed by atoms with van der Waals surface area (Å²) in [4.78, 5) is 12.1. The quantitative estimate of drug-likeness (QED) is 0.704. The molecule has 0 saturated carbocycles. The van der Waals surface area contributed by atoms with E-state index in [1.54, 1.807) is 32.9 Å². The average Bonchev–Trinajstić information content (AvgIpc) is 2.89. The molecule has 2 aromatic rings. The zero-order chi connectivity index (χ0) is 17.3. The first kappa shape index (κ1) is 18.0. The van der Waals surface area contributed by atoms with Crippen molar-refractivity contribution < 1.29 is 17.6 Å². The van der Waals surface area contributed by atoms with Crippen molar-refractivity contribution in [3.05, 3.63) is 45.7 Å². The fraction of sp³-hybridized carbons (Fsp3) is 0.267. The fourth-order valence-corrected chi connectivity index (χ4v) is 3.48. The molecule has 1 aromatic carbocycles. The highest BCUT2D eigenvalue weighted by Gasteiger charge is 2.26. The third-order valence-corrected chi connectivity index (χ3v) is 4.96. The molecule has 23 heavy (non-hydrogen) atoms. The van der Waals surface area contributed by atoms with Gasteiger partial charge in [0.15, 0.2) is 5.76 Å². The van der Waals surface area contributed by atoms with Crippen LogP contribution in [-0.4, -0.2) is 19.9 Å². The van der Waals surface area contributed by atoms with Crippen LogP contribution in [0.5, 0.6) is 0 Å². The zero-order valence-electron chi connectivity index (χ0n) is 12.9. The Bertz CT molecular complexity index is 805. The molecule has 2 rings (SSSR count). The van der Waals surface area contributed by atoms with Gasteiger partial charge in [0.1, 0.15) is 0 Å². The number of benzene rings is 1. The second-order valence-corrected chi connectivity index (χ2v) is 8.79. The van der Waals surface area contributed by atoms with Crippen LogP contribution in [0.25, 0.3) is 0 Å². The van der Waals surface area contributed by atoms with Crippen LogP contribution in [0.1, 0.15) is 31.3 Å². The topological polar surface area (TPSA) is 88.4 Å². The van der Waals surface area contributed by atoms with Crippen molar-refractivity contribution in [3.63, 3.8) is 0 Å². The number of carbonyl (C=O) groups is 1. The first-order valence-electron chi connectivity index (χ1n) is 6.77. The Kier molecular flexibility index (Phi) is 5.17. The second-order valence-electron chi connectivity index (χ2n) is 5.94. The van der Waals surface area contributed by atoms with Gasteiger partial charge in [-0.15, -0.1) is 0 Å². The summed E-state index contributed by atoms with van der Waals surface area (Å²) in [6, 6.07) is 9.79. The molecule has 6 nitrogen and oxygen atoms in total. The molecule has 0 aliphatic rings. The van der Waals surface area contributed by atoms with Gasteiger partial charge in [-0.1, -0.05) is 0 Å². The first-order valence-corrected chi connectivity index (χ1v) is 9.34. The highest BCUT2D eigenvalue weighted by molar-refractivity contribution is 14.1. The molecule has 0 atom stereocenters. The summed E-state index contributed by atoms with van der Waals surface area (Å²) >= 11 is 2.16. The van der Waals surface area contributed by atoms with E-state index in [0.29, 0.717) is 5.69 Å². The van der Waals surface area contributed by atoms with Crippen molar-refractivity contribution in [2.45, 2.75) is 31.4 Å². The van der Waals surface area contributed by atoms with Crippen molar-refractivity contribution in [3.8, 4) is 0 Å². The maximum atomic E-state index is 12.1. The van der Waals surface area contributed by atoms with Gasteiger partial charge in [0.25, 0.3) is 15.9 Å². The number of nitrogens with one attached hydrogen (secondary N) is 2. The molecule has 1 amide bonds. The molecule has 1 aromatic heterocycles. The van der Waals surface area contributed by atoms with E-state index in [4.69, 9.17) is 4.42 Å². The van der Waals surface area contributed by atoms with Crippen LogP contribution >= 0.6 is 22.6 Å². The molecule has 0 aliphatic heterocycles. The molecule has 2 N–H and O–H groups in total. The molecular weight excluding hydrogens is 431 g/mol. The number of carbonyl (C=O) groups excluding carboxylic acids is 1. The molecule has 0 aliphatic carbocycles. The maximum Gasteiger partial charge on any atom is 0.291 e. The van der Waals surface area contributed by atoms with Gasteiger partial charge in [0, 0.05) is 14.8 Å². The van der Waals surface area contributed by atoms with E-state index < -0.39 is 21.5 Å². The van der Waals surface area contributed by atoms with Crippen molar-refractivity contribution in [1.82, 2.24) is 4.72 Å². The van der Waals surface area contributed by atoms with Crippen LogP contribution < -0.4 is 10.0 Å². The molecule has 124 valence electrons. The van der Waals surface area contributed by atoms with Crippen LogP contribution in [0, 0.1) is 3.57 Å². The van der Waals surface area contributed by atoms with Crippen LogP contribution in [0.15, 0.2) is 45.9 Å². The lowest BCUT2D eigenvalue weighted by Gasteiger charge is -2.18. The third kappa shape index (κ3) is 5.05. The van der Waals surface area contributed by atoms with Crippen molar-refractivity contribution in [1.29, 1.82) is 0 Å². The lowest BCUT2D eigenvalue weighted by molar-refractivity contribution is 0.0991. The molecular formula is C15H17IN2O4S. The molecule has 0 bridgehead atoms. The molecule has 0 fully saturated rings. The predicted octanol–water partition coefficient (Wildman–Crippen LogP) is 3.21. The highest BCUT2D eigenvalue weighted by Crippen LogP contribution is 2.18. The normalized spacial score (nSPS) is 12.2. The highest BCUT2D eigenvalue weighted by atomic mass is 127. The van der Waals surface area contributed by atoms with Crippen molar-refractivity contribution >= 4 is 44.2 Å². The van der Waals surface area contributed by atoms with E-state index in [2.05, 4.69) is 32.6 Å². The van der Waals surface area contributed by atoms with Gasteiger partial charge >= 0.3 is 0 Å². The summed E-state index contributed by atoms with van der Waals surface area (Å²) in [7, 11) is -3.81. The number of sulfonamides is 1. The van der Waals surface area contributed by atoms with Crippen LogP contribution in [0.2, 0.25) is 0 Å². The van der Waals surface area contributed by atoms with E-state index in [0.717, 1.165) is 3.57 Å². The number of furan rings is 1.